The highest BCUT2D eigenvalue weighted by Gasteiger charge is 2.26. The van der Waals surface area contributed by atoms with E-state index in [1.54, 1.807) is 6.20 Å². The third kappa shape index (κ3) is 2.58. The molecule has 2 rings (SSSR count). The van der Waals surface area contributed by atoms with Gasteiger partial charge in [0.2, 0.25) is 0 Å². The molecule has 0 spiro atoms. The highest BCUT2D eigenvalue weighted by atomic mass is 32.1. The maximum Gasteiger partial charge on any atom is 0.349 e. The lowest BCUT2D eigenvalue weighted by molar-refractivity contribution is 0.0606. The highest BCUT2D eigenvalue weighted by molar-refractivity contribution is 7.17. The van der Waals surface area contributed by atoms with E-state index >= 15 is 0 Å². The van der Waals surface area contributed by atoms with Crippen LogP contribution in [0.25, 0.3) is 0 Å². The van der Waals surface area contributed by atoms with Crippen molar-refractivity contribution in [1.82, 2.24) is 9.88 Å². The lowest BCUT2D eigenvalue weighted by atomic mass is 10.2. The zero-order valence-corrected chi connectivity index (χ0v) is 11.2. The number of hydrogen-bond donors (Lipinski definition) is 0. The van der Waals surface area contributed by atoms with Gasteiger partial charge >= 0.3 is 5.97 Å². The first-order valence-electron chi connectivity index (χ1n) is 5.57. The van der Waals surface area contributed by atoms with Crippen molar-refractivity contribution in [3.05, 3.63) is 11.1 Å². The monoisotopic (exact) mass is 255 g/mol. The molecule has 1 saturated heterocycles. The number of ether oxygens (including phenoxy) is 1. The average molecular weight is 255 g/mol. The van der Waals surface area contributed by atoms with Gasteiger partial charge in [-0.15, -0.1) is 0 Å². The first kappa shape index (κ1) is 12.3. The van der Waals surface area contributed by atoms with Crippen LogP contribution < -0.4 is 4.90 Å². The van der Waals surface area contributed by atoms with Gasteiger partial charge < -0.3 is 14.5 Å². The fourth-order valence-corrected chi connectivity index (χ4v) is 2.81. The number of anilines is 1. The molecule has 0 bridgehead atoms. The predicted octanol–water partition coefficient (Wildman–Crippen LogP) is 1.07. The van der Waals surface area contributed by atoms with Gasteiger partial charge in [-0.25, -0.2) is 9.78 Å². The van der Waals surface area contributed by atoms with E-state index in [0.29, 0.717) is 10.9 Å². The first-order chi connectivity index (χ1) is 8.11. The summed E-state index contributed by atoms with van der Waals surface area (Å²) in [6, 6.07) is 0.570. The van der Waals surface area contributed by atoms with E-state index in [4.69, 9.17) is 0 Å². The van der Waals surface area contributed by atoms with Crippen molar-refractivity contribution in [2.24, 2.45) is 0 Å². The molecule has 1 atom stereocenters. The molecule has 6 heteroatoms. The second-order valence-electron chi connectivity index (χ2n) is 4.35. The molecule has 17 heavy (non-hydrogen) atoms. The van der Waals surface area contributed by atoms with E-state index in [2.05, 4.69) is 33.6 Å². The summed E-state index contributed by atoms with van der Waals surface area (Å²) in [6.07, 6.45) is 2.73. The van der Waals surface area contributed by atoms with E-state index in [1.165, 1.54) is 18.4 Å². The summed E-state index contributed by atoms with van der Waals surface area (Å²) in [6.45, 7) is 1.97. The van der Waals surface area contributed by atoms with Gasteiger partial charge in [0.05, 0.1) is 13.3 Å². The molecule has 1 fully saturated rings. The van der Waals surface area contributed by atoms with Crippen molar-refractivity contribution in [1.29, 1.82) is 0 Å². The molecule has 0 amide bonds. The van der Waals surface area contributed by atoms with Crippen molar-refractivity contribution in [3.8, 4) is 0 Å². The van der Waals surface area contributed by atoms with Crippen molar-refractivity contribution >= 4 is 22.4 Å². The number of carbonyl (C=O) groups is 1. The van der Waals surface area contributed by atoms with Gasteiger partial charge in [0.15, 0.2) is 5.13 Å². The number of carbonyl (C=O) groups excluding carboxylic acids is 1. The van der Waals surface area contributed by atoms with Crippen LogP contribution in [0.5, 0.6) is 0 Å². The molecule has 0 saturated carbocycles. The number of methoxy groups -OCH3 is 1. The third-order valence-corrected chi connectivity index (χ3v) is 4.08. The Bertz CT molecular complexity index is 405. The van der Waals surface area contributed by atoms with E-state index in [-0.39, 0.29) is 5.97 Å². The summed E-state index contributed by atoms with van der Waals surface area (Å²) in [4.78, 5) is 20.6. The highest BCUT2D eigenvalue weighted by Crippen LogP contribution is 2.27. The number of nitrogens with zero attached hydrogens (tertiary/aromatic N) is 3. The number of esters is 1. The Hall–Kier alpha value is -1.14. The van der Waals surface area contributed by atoms with Gasteiger partial charge in [-0.05, 0) is 20.5 Å². The van der Waals surface area contributed by atoms with Crippen LogP contribution in [-0.2, 0) is 4.74 Å². The SMILES string of the molecule is COC(=O)c1cnc(N2CCC(N(C)C)C2)s1. The molecule has 0 aromatic carbocycles. The molecule has 2 heterocycles. The van der Waals surface area contributed by atoms with Crippen LogP contribution in [0.1, 0.15) is 16.1 Å². The van der Waals surface area contributed by atoms with Crippen LogP contribution in [0.4, 0.5) is 5.13 Å². The molecule has 1 aromatic heterocycles. The molecule has 0 N–H and O–H groups in total. The Morgan fingerprint density at radius 3 is 3.00 bits per heavy atom. The zero-order chi connectivity index (χ0) is 12.4. The minimum atomic E-state index is -0.308. The number of aromatic nitrogens is 1. The second kappa shape index (κ2) is 5.01. The summed E-state index contributed by atoms with van der Waals surface area (Å²) in [5.41, 5.74) is 0. The van der Waals surface area contributed by atoms with Gasteiger partial charge in [0.25, 0.3) is 0 Å². The van der Waals surface area contributed by atoms with Gasteiger partial charge in [0, 0.05) is 19.1 Å². The Morgan fingerprint density at radius 1 is 1.65 bits per heavy atom. The Kier molecular flexibility index (Phi) is 3.63. The van der Waals surface area contributed by atoms with Crippen LogP contribution in [-0.4, -0.2) is 56.2 Å². The Morgan fingerprint density at radius 2 is 2.41 bits per heavy atom. The summed E-state index contributed by atoms with van der Waals surface area (Å²) < 4.78 is 4.68. The minimum Gasteiger partial charge on any atom is -0.465 e. The normalized spacial score (nSPS) is 20.0. The fraction of sp³-hybridized carbons (Fsp3) is 0.636. The van der Waals surface area contributed by atoms with Crippen molar-refractivity contribution in [2.75, 3.05) is 39.2 Å². The van der Waals surface area contributed by atoms with Crippen LogP contribution in [0.15, 0.2) is 6.20 Å². The van der Waals surface area contributed by atoms with E-state index < -0.39 is 0 Å². The van der Waals surface area contributed by atoms with Crippen LogP contribution >= 0.6 is 11.3 Å². The Labute approximate surface area is 105 Å². The van der Waals surface area contributed by atoms with Crippen molar-refractivity contribution < 1.29 is 9.53 Å². The second-order valence-corrected chi connectivity index (χ2v) is 5.36. The average Bonchev–Trinajstić information content (AvgIpc) is 2.95. The quantitative estimate of drug-likeness (QED) is 0.756. The maximum absolute atomic E-state index is 11.3. The predicted molar refractivity (Wildman–Crippen MR) is 67.8 cm³/mol. The smallest absolute Gasteiger partial charge is 0.349 e. The Balaban J connectivity index is 2.04. The number of rotatable bonds is 3. The molecular formula is C11H17N3O2S. The maximum atomic E-state index is 11.3. The van der Waals surface area contributed by atoms with Crippen LogP contribution in [0.2, 0.25) is 0 Å². The molecule has 1 unspecified atom stereocenters. The number of likely N-dealkylation sites (N-methyl/N-ethyl adjacent to an activating group) is 1. The van der Waals surface area contributed by atoms with Gasteiger partial charge in [-0.1, -0.05) is 11.3 Å². The number of thiazole rings is 1. The molecule has 5 nitrogen and oxygen atoms in total. The molecule has 0 radical (unpaired) electrons. The van der Waals surface area contributed by atoms with Gasteiger partial charge in [0.1, 0.15) is 4.88 Å². The summed E-state index contributed by atoms with van der Waals surface area (Å²) in [7, 11) is 5.57. The minimum absolute atomic E-state index is 0.308. The van der Waals surface area contributed by atoms with Crippen molar-refractivity contribution in [3.63, 3.8) is 0 Å². The van der Waals surface area contributed by atoms with E-state index in [1.807, 2.05) is 0 Å². The third-order valence-electron chi connectivity index (χ3n) is 3.04. The van der Waals surface area contributed by atoms with E-state index in [0.717, 1.165) is 24.6 Å². The fourth-order valence-electron chi connectivity index (χ4n) is 1.94. The van der Waals surface area contributed by atoms with Crippen LogP contribution in [0.3, 0.4) is 0 Å². The lowest BCUT2D eigenvalue weighted by Crippen LogP contribution is -2.31. The molecule has 1 aliphatic heterocycles. The molecule has 94 valence electrons. The number of hydrogen-bond acceptors (Lipinski definition) is 6. The zero-order valence-electron chi connectivity index (χ0n) is 10.3. The van der Waals surface area contributed by atoms with Crippen LogP contribution in [0, 0.1) is 0 Å². The largest absolute Gasteiger partial charge is 0.465 e. The summed E-state index contributed by atoms with van der Waals surface area (Å²) in [5.74, 6) is -0.308. The molecule has 1 aromatic rings. The topological polar surface area (TPSA) is 45.7 Å². The summed E-state index contributed by atoms with van der Waals surface area (Å²) >= 11 is 1.40. The molecular weight excluding hydrogens is 238 g/mol. The molecule has 1 aliphatic rings. The molecule has 0 aliphatic carbocycles. The lowest BCUT2D eigenvalue weighted by Gasteiger charge is -2.19. The van der Waals surface area contributed by atoms with E-state index in [9.17, 15) is 4.79 Å². The standard InChI is InChI=1S/C11H17N3O2S/c1-13(2)8-4-5-14(7-8)11-12-6-9(17-11)10(15)16-3/h6,8H,4-5,7H2,1-3H3. The van der Waals surface area contributed by atoms with Gasteiger partial charge in [-0.3, -0.25) is 0 Å². The van der Waals surface area contributed by atoms with Crippen molar-refractivity contribution in [2.45, 2.75) is 12.5 Å². The van der Waals surface area contributed by atoms with Gasteiger partial charge in [-0.2, -0.15) is 0 Å². The first-order valence-corrected chi connectivity index (χ1v) is 6.39. The summed E-state index contributed by atoms with van der Waals surface area (Å²) in [5, 5.41) is 0.912.